The van der Waals surface area contributed by atoms with Gasteiger partial charge in [-0.2, -0.15) is 5.10 Å². The van der Waals surface area contributed by atoms with E-state index in [0.29, 0.717) is 13.1 Å². The first-order chi connectivity index (χ1) is 7.86. The van der Waals surface area contributed by atoms with Gasteiger partial charge in [0.1, 0.15) is 4.90 Å². The third-order valence-electron chi connectivity index (χ3n) is 2.44. The van der Waals surface area contributed by atoms with E-state index in [4.69, 9.17) is 5.73 Å². The zero-order valence-electron chi connectivity index (χ0n) is 10.3. The van der Waals surface area contributed by atoms with Crippen molar-refractivity contribution in [2.75, 3.05) is 32.4 Å². The molecular weight excluding hydrogens is 242 g/mol. The van der Waals surface area contributed by atoms with Crippen LogP contribution in [0.4, 0.5) is 5.82 Å². The van der Waals surface area contributed by atoms with Crippen LogP contribution in [0, 0.1) is 0 Å². The van der Waals surface area contributed by atoms with Crippen LogP contribution in [-0.2, 0) is 17.1 Å². The average Bonchev–Trinajstić information content (AvgIpc) is 2.58. The normalized spacial score (nSPS) is 12.2. The van der Waals surface area contributed by atoms with Gasteiger partial charge in [-0.25, -0.2) is 13.1 Å². The van der Waals surface area contributed by atoms with Gasteiger partial charge in [0.25, 0.3) is 0 Å². The van der Waals surface area contributed by atoms with Gasteiger partial charge in [0, 0.05) is 26.3 Å². The molecule has 17 heavy (non-hydrogen) atoms. The molecule has 0 spiro atoms. The third kappa shape index (κ3) is 3.69. The van der Waals surface area contributed by atoms with E-state index < -0.39 is 10.0 Å². The molecule has 0 aliphatic rings. The van der Waals surface area contributed by atoms with Crippen LogP contribution in [0.1, 0.15) is 6.92 Å². The molecule has 0 bridgehead atoms. The summed E-state index contributed by atoms with van der Waals surface area (Å²) >= 11 is 0. The van der Waals surface area contributed by atoms with E-state index in [1.165, 1.54) is 10.9 Å². The number of aryl methyl sites for hydroxylation is 1. The number of nitrogens with two attached hydrogens (primary N) is 1. The Morgan fingerprint density at radius 2 is 2.24 bits per heavy atom. The monoisotopic (exact) mass is 261 g/mol. The van der Waals surface area contributed by atoms with Crippen molar-refractivity contribution < 1.29 is 8.42 Å². The summed E-state index contributed by atoms with van der Waals surface area (Å²) in [5.74, 6) is 0.0175. The van der Waals surface area contributed by atoms with Crippen LogP contribution in [0.5, 0.6) is 0 Å². The van der Waals surface area contributed by atoms with Crippen LogP contribution in [0.3, 0.4) is 0 Å². The maximum atomic E-state index is 11.9. The van der Waals surface area contributed by atoms with Gasteiger partial charge < -0.3 is 10.6 Å². The number of hydrogen-bond acceptors (Lipinski definition) is 5. The second kappa shape index (κ2) is 5.48. The van der Waals surface area contributed by atoms with Crippen LogP contribution >= 0.6 is 0 Å². The molecule has 0 atom stereocenters. The predicted molar refractivity (Wildman–Crippen MR) is 66.0 cm³/mol. The summed E-state index contributed by atoms with van der Waals surface area (Å²) in [5, 5.41) is 3.80. The maximum Gasteiger partial charge on any atom is 0.245 e. The van der Waals surface area contributed by atoms with E-state index in [2.05, 4.69) is 9.82 Å². The SMILES string of the molecule is CCN(C)CCNS(=O)(=O)c1cn(C)nc1N. The van der Waals surface area contributed by atoms with Gasteiger partial charge in [0.05, 0.1) is 0 Å². The highest BCUT2D eigenvalue weighted by molar-refractivity contribution is 7.89. The molecule has 8 heteroatoms. The van der Waals surface area contributed by atoms with E-state index in [9.17, 15) is 8.42 Å². The largest absolute Gasteiger partial charge is 0.381 e. The van der Waals surface area contributed by atoms with Crippen molar-refractivity contribution in [3.05, 3.63) is 6.20 Å². The summed E-state index contributed by atoms with van der Waals surface area (Å²) in [6, 6.07) is 0. The molecule has 0 aromatic carbocycles. The van der Waals surface area contributed by atoms with Gasteiger partial charge in [-0.05, 0) is 13.6 Å². The molecule has 0 unspecified atom stereocenters. The van der Waals surface area contributed by atoms with Crippen molar-refractivity contribution >= 4 is 15.8 Å². The smallest absolute Gasteiger partial charge is 0.245 e. The lowest BCUT2D eigenvalue weighted by Crippen LogP contribution is -2.33. The standard InChI is InChI=1S/C9H19N5O2S/c1-4-13(2)6-5-11-17(15,16)8-7-14(3)12-9(8)10/h7,11H,4-6H2,1-3H3,(H2,10,12). The summed E-state index contributed by atoms with van der Waals surface area (Å²) in [7, 11) is -0.0104. The molecule has 1 aromatic heterocycles. The van der Waals surface area contributed by atoms with Crippen molar-refractivity contribution in [2.24, 2.45) is 7.05 Å². The molecule has 0 aliphatic carbocycles. The zero-order valence-corrected chi connectivity index (χ0v) is 11.2. The van der Waals surface area contributed by atoms with E-state index in [1.54, 1.807) is 7.05 Å². The molecule has 0 saturated carbocycles. The maximum absolute atomic E-state index is 11.9. The Balaban J connectivity index is 2.66. The van der Waals surface area contributed by atoms with Crippen molar-refractivity contribution in [1.82, 2.24) is 19.4 Å². The van der Waals surface area contributed by atoms with Crippen LogP contribution < -0.4 is 10.5 Å². The second-order valence-corrected chi connectivity index (χ2v) is 5.58. The highest BCUT2D eigenvalue weighted by Gasteiger charge is 2.19. The molecule has 0 amide bonds. The lowest BCUT2D eigenvalue weighted by molar-refractivity contribution is 0.358. The number of nitrogen functional groups attached to an aromatic ring is 1. The van der Waals surface area contributed by atoms with Crippen LogP contribution in [0.15, 0.2) is 11.1 Å². The minimum atomic E-state index is -3.56. The first-order valence-corrected chi connectivity index (χ1v) is 6.82. The fourth-order valence-corrected chi connectivity index (χ4v) is 2.42. The lowest BCUT2D eigenvalue weighted by Gasteiger charge is -2.13. The van der Waals surface area contributed by atoms with Crippen LogP contribution in [0.25, 0.3) is 0 Å². The molecule has 1 aromatic rings. The summed E-state index contributed by atoms with van der Waals surface area (Å²) in [4.78, 5) is 2.04. The average molecular weight is 261 g/mol. The fraction of sp³-hybridized carbons (Fsp3) is 0.667. The quantitative estimate of drug-likeness (QED) is 0.701. The van der Waals surface area contributed by atoms with Crippen molar-refractivity contribution in [3.8, 4) is 0 Å². The Labute approximate surface area is 102 Å². The van der Waals surface area contributed by atoms with Crippen molar-refractivity contribution in [1.29, 1.82) is 0 Å². The predicted octanol–water partition coefficient (Wildman–Crippen LogP) is -0.768. The van der Waals surface area contributed by atoms with Crippen LogP contribution in [-0.4, -0.2) is 49.8 Å². The Bertz CT molecular complexity index is 468. The Hall–Kier alpha value is -1.12. The van der Waals surface area contributed by atoms with Gasteiger partial charge in [0.15, 0.2) is 5.82 Å². The molecule has 0 fully saturated rings. The van der Waals surface area contributed by atoms with E-state index in [-0.39, 0.29) is 10.7 Å². The third-order valence-corrected chi connectivity index (χ3v) is 3.91. The van der Waals surface area contributed by atoms with Gasteiger partial charge >= 0.3 is 0 Å². The molecule has 3 N–H and O–H groups in total. The number of hydrogen-bond donors (Lipinski definition) is 2. The highest BCUT2D eigenvalue weighted by atomic mass is 32.2. The Kier molecular flexibility index (Phi) is 4.49. The molecule has 1 rings (SSSR count). The van der Waals surface area contributed by atoms with Crippen molar-refractivity contribution in [2.45, 2.75) is 11.8 Å². The minimum absolute atomic E-state index is 0.0175. The van der Waals surface area contributed by atoms with Gasteiger partial charge in [-0.1, -0.05) is 6.92 Å². The van der Waals surface area contributed by atoms with Crippen molar-refractivity contribution in [3.63, 3.8) is 0 Å². The molecular formula is C9H19N5O2S. The summed E-state index contributed by atoms with van der Waals surface area (Å²) < 4.78 is 27.6. The van der Waals surface area contributed by atoms with E-state index in [1.807, 2.05) is 18.9 Å². The molecule has 7 nitrogen and oxygen atoms in total. The molecule has 0 radical (unpaired) electrons. The van der Waals surface area contributed by atoms with E-state index >= 15 is 0 Å². The fourth-order valence-electron chi connectivity index (χ4n) is 1.30. The number of likely N-dealkylation sites (N-methyl/N-ethyl adjacent to an activating group) is 1. The molecule has 98 valence electrons. The Morgan fingerprint density at radius 1 is 1.59 bits per heavy atom. The number of nitrogens with zero attached hydrogens (tertiary/aromatic N) is 3. The summed E-state index contributed by atoms with van der Waals surface area (Å²) in [5.41, 5.74) is 5.52. The number of rotatable bonds is 6. The van der Waals surface area contributed by atoms with Gasteiger partial charge in [-0.15, -0.1) is 0 Å². The Morgan fingerprint density at radius 3 is 2.71 bits per heavy atom. The molecule has 1 heterocycles. The number of aromatic nitrogens is 2. The number of anilines is 1. The van der Waals surface area contributed by atoms with Gasteiger partial charge in [0.2, 0.25) is 10.0 Å². The zero-order chi connectivity index (χ0) is 13.1. The number of nitrogens with one attached hydrogen (secondary N) is 1. The highest BCUT2D eigenvalue weighted by Crippen LogP contribution is 2.14. The topological polar surface area (TPSA) is 93.2 Å². The second-order valence-electron chi connectivity index (χ2n) is 3.85. The van der Waals surface area contributed by atoms with Gasteiger partial charge in [-0.3, -0.25) is 4.68 Å². The molecule has 0 aliphatic heterocycles. The first kappa shape index (κ1) is 13.9. The summed E-state index contributed by atoms with van der Waals surface area (Å²) in [6.45, 7) is 3.88. The minimum Gasteiger partial charge on any atom is -0.381 e. The summed E-state index contributed by atoms with van der Waals surface area (Å²) in [6.07, 6.45) is 1.39. The number of sulfonamides is 1. The lowest BCUT2D eigenvalue weighted by atomic mass is 10.5. The van der Waals surface area contributed by atoms with E-state index in [0.717, 1.165) is 6.54 Å². The molecule has 0 saturated heterocycles. The first-order valence-electron chi connectivity index (χ1n) is 5.34. The van der Waals surface area contributed by atoms with Crippen LogP contribution in [0.2, 0.25) is 0 Å².